The SMILES string of the molecule is O=S(=O)(N1CCCC1)N1C[C@@H]2CCN[C@@H]2C1. The van der Waals surface area contributed by atoms with Crippen molar-refractivity contribution in [2.75, 3.05) is 32.7 Å². The molecule has 0 aliphatic carbocycles. The normalized spacial score (nSPS) is 37.0. The third-order valence-corrected chi connectivity index (χ3v) is 6.02. The second-order valence-electron chi connectivity index (χ2n) is 5.04. The van der Waals surface area contributed by atoms with E-state index in [1.165, 1.54) is 0 Å². The molecule has 3 fully saturated rings. The van der Waals surface area contributed by atoms with Gasteiger partial charge in [-0.25, -0.2) is 0 Å². The molecule has 0 spiro atoms. The minimum Gasteiger partial charge on any atom is -0.312 e. The molecule has 3 aliphatic rings. The highest BCUT2D eigenvalue weighted by molar-refractivity contribution is 7.86. The van der Waals surface area contributed by atoms with Crippen LogP contribution in [-0.2, 0) is 10.2 Å². The van der Waals surface area contributed by atoms with Gasteiger partial charge >= 0.3 is 0 Å². The molecule has 0 radical (unpaired) electrons. The second kappa shape index (κ2) is 3.94. The van der Waals surface area contributed by atoms with E-state index < -0.39 is 10.2 Å². The lowest BCUT2D eigenvalue weighted by atomic mass is 10.1. The van der Waals surface area contributed by atoms with Gasteiger partial charge in [0.2, 0.25) is 0 Å². The van der Waals surface area contributed by atoms with E-state index in [0.717, 1.165) is 32.4 Å². The Morgan fingerprint density at radius 1 is 1.06 bits per heavy atom. The third kappa shape index (κ3) is 1.68. The number of nitrogens with zero attached hydrogens (tertiary/aromatic N) is 2. The van der Waals surface area contributed by atoms with Crippen LogP contribution in [0.1, 0.15) is 19.3 Å². The van der Waals surface area contributed by atoms with Crippen LogP contribution in [0.25, 0.3) is 0 Å². The van der Waals surface area contributed by atoms with Gasteiger partial charge in [-0.15, -0.1) is 0 Å². The Morgan fingerprint density at radius 2 is 1.81 bits per heavy atom. The summed E-state index contributed by atoms with van der Waals surface area (Å²) in [6, 6.07) is 0.400. The van der Waals surface area contributed by atoms with Gasteiger partial charge in [-0.05, 0) is 31.7 Å². The highest BCUT2D eigenvalue weighted by atomic mass is 32.2. The molecule has 0 aromatic heterocycles. The van der Waals surface area contributed by atoms with Crippen molar-refractivity contribution in [2.45, 2.75) is 25.3 Å². The van der Waals surface area contributed by atoms with Crippen molar-refractivity contribution in [3.63, 3.8) is 0 Å². The fourth-order valence-electron chi connectivity index (χ4n) is 3.08. The lowest BCUT2D eigenvalue weighted by Crippen LogP contribution is -2.42. The van der Waals surface area contributed by atoms with Crippen molar-refractivity contribution in [1.29, 1.82) is 0 Å². The molecule has 16 heavy (non-hydrogen) atoms. The third-order valence-electron chi connectivity index (χ3n) is 4.05. The Labute approximate surface area is 97.0 Å². The Morgan fingerprint density at radius 3 is 2.50 bits per heavy atom. The molecule has 3 rings (SSSR count). The quantitative estimate of drug-likeness (QED) is 0.721. The first kappa shape index (κ1) is 11.0. The van der Waals surface area contributed by atoms with Gasteiger partial charge in [0.25, 0.3) is 10.2 Å². The van der Waals surface area contributed by atoms with E-state index in [9.17, 15) is 8.42 Å². The van der Waals surface area contributed by atoms with E-state index in [4.69, 9.17) is 0 Å². The van der Waals surface area contributed by atoms with E-state index in [1.54, 1.807) is 8.61 Å². The number of hydrogen-bond acceptors (Lipinski definition) is 3. The maximum absolute atomic E-state index is 12.3. The fourth-order valence-corrected chi connectivity index (χ4v) is 4.86. The van der Waals surface area contributed by atoms with Crippen LogP contribution in [0.3, 0.4) is 0 Å². The van der Waals surface area contributed by atoms with Gasteiger partial charge in [-0.3, -0.25) is 0 Å². The molecule has 2 atom stereocenters. The minimum atomic E-state index is -3.15. The minimum absolute atomic E-state index is 0.400. The number of fused-ring (bicyclic) bond motifs is 1. The average Bonchev–Trinajstić information content (AvgIpc) is 2.94. The highest BCUT2D eigenvalue weighted by Gasteiger charge is 2.43. The van der Waals surface area contributed by atoms with E-state index in [2.05, 4.69) is 5.32 Å². The van der Waals surface area contributed by atoms with Crippen molar-refractivity contribution in [3.8, 4) is 0 Å². The number of nitrogens with one attached hydrogen (secondary N) is 1. The van der Waals surface area contributed by atoms with Gasteiger partial charge in [-0.1, -0.05) is 0 Å². The van der Waals surface area contributed by atoms with Crippen molar-refractivity contribution in [1.82, 2.24) is 13.9 Å². The van der Waals surface area contributed by atoms with Crippen molar-refractivity contribution in [2.24, 2.45) is 5.92 Å². The van der Waals surface area contributed by atoms with Gasteiger partial charge in [0.15, 0.2) is 0 Å². The summed E-state index contributed by atoms with van der Waals surface area (Å²) < 4.78 is 27.9. The van der Waals surface area contributed by atoms with Crippen LogP contribution in [0.15, 0.2) is 0 Å². The summed E-state index contributed by atoms with van der Waals surface area (Å²) in [7, 11) is -3.15. The highest BCUT2D eigenvalue weighted by Crippen LogP contribution is 2.28. The monoisotopic (exact) mass is 245 g/mol. The smallest absolute Gasteiger partial charge is 0.282 e. The molecule has 3 saturated heterocycles. The predicted molar refractivity (Wildman–Crippen MR) is 61.2 cm³/mol. The van der Waals surface area contributed by atoms with E-state index in [-0.39, 0.29) is 0 Å². The first-order valence-electron chi connectivity index (χ1n) is 6.16. The summed E-state index contributed by atoms with van der Waals surface area (Å²) in [6.07, 6.45) is 3.15. The lowest BCUT2D eigenvalue weighted by molar-refractivity contribution is 0.383. The molecule has 5 nitrogen and oxygen atoms in total. The lowest BCUT2D eigenvalue weighted by Gasteiger charge is -2.23. The van der Waals surface area contributed by atoms with Crippen molar-refractivity contribution < 1.29 is 8.42 Å². The fraction of sp³-hybridized carbons (Fsp3) is 1.00. The van der Waals surface area contributed by atoms with Crippen LogP contribution in [0.2, 0.25) is 0 Å². The topological polar surface area (TPSA) is 52.7 Å². The van der Waals surface area contributed by atoms with Gasteiger partial charge in [0.1, 0.15) is 0 Å². The van der Waals surface area contributed by atoms with E-state index in [1.807, 2.05) is 0 Å². The van der Waals surface area contributed by atoms with Crippen LogP contribution in [-0.4, -0.2) is 55.8 Å². The van der Waals surface area contributed by atoms with Gasteiger partial charge in [0, 0.05) is 32.2 Å². The summed E-state index contributed by atoms with van der Waals surface area (Å²) in [5.41, 5.74) is 0. The molecule has 0 aromatic carbocycles. The standard InChI is InChI=1S/C10H19N3O2S/c14-16(15,12-5-1-2-6-12)13-7-9-3-4-11-10(9)8-13/h9-11H,1-8H2/t9-,10+/m0/s1. The molecule has 1 N–H and O–H groups in total. The molecule has 0 amide bonds. The molecule has 3 heterocycles. The van der Waals surface area contributed by atoms with Gasteiger partial charge in [-0.2, -0.15) is 17.0 Å². The summed E-state index contributed by atoms with van der Waals surface area (Å²) in [5, 5.41) is 3.39. The zero-order valence-corrected chi connectivity index (χ0v) is 10.2. The van der Waals surface area contributed by atoms with Crippen LogP contribution >= 0.6 is 0 Å². The summed E-state index contributed by atoms with van der Waals surface area (Å²) >= 11 is 0. The van der Waals surface area contributed by atoms with Crippen LogP contribution < -0.4 is 5.32 Å². The zero-order chi connectivity index (χ0) is 11.2. The molecule has 92 valence electrons. The maximum Gasteiger partial charge on any atom is 0.282 e. The molecule has 3 aliphatic heterocycles. The summed E-state index contributed by atoms with van der Waals surface area (Å²) in [5.74, 6) is 0.539. The van der Waals surface area contributed by atoms with Crippen molar-refractivity contribution in [3.05, 3.63) is 0 Å². The van der Waals surface area contributed by atoms with Gasteiger partial charge < -0.3 is 5.32 Å². The number of rotatable bonds is 2. The molecular weight excluding hydrogens is 226 g/mol. The zero-order valence-electron chi connectivity index (χ0n) is 9.43. The molecule has 0 unspecified atom stereocenters. The van der Waals surface area contributed by atoms with Crippen LogP contribution in [0, 0.1) is 5.92 Å². The van der Waals surface area contributed by atoms with Crippen LogP contribution in [0.5, 0.6) is 0 Å². The Balaban J connectivity index is 1.73. The molecule has 0 aromatic rings. The van der Waals surface area contributed by atoms with E-state index in [0.29, 0.717) is 31.6 Å². The predicted octanol–water partition coefficient (Wildman–Crippen LogP) is -0.379. The molecular formula is C10H19N3O2S. The maximum atomic E-state index is 12.3. The largest absolute Gasteiger partial charge is 0.312 e. The van der Waals surface area contributed by atoms with Crippen molar-refractivity contribution >= 4 is 10.2 Å². The van der Waals surface area contributed by atoms with E-state index >= 15 is 0 Å². The summed E-state index contributed by atoms with van der Waals surface area (Å²) in [4.78, 5) is 0. The molecule has 6 heteroatoms. The first-order chi connectivity index (χ1) is 7.68. The first-order valence-corrected chi connectivity index (χ1v) is 7.56. The average molecular weight is 245 g/mol. The Bertz CT molecular complexity index is 352. The summed E-state index contributed by atoms with van der Waals surface area (Å²) in [6.45, 7) is 3.86. The second-order valence-corrected chi connectivity index (χ2v) is 6.97. The molecule has 0 saturated carbocycles. The van der Waals surface area contributed by atoms with Gasteiger partial charge in [0.05, 0.1) is 0 Å². The Kier molecular flexibility index (Phi) is 2.70. The Hall–Kier alpha value is -0.170. The van der Waals surface area contributed by atoms with Crippen LogP contribution in [0.4, 0.5) is 0 Å². The molecule has 0 bridgehead atoms. The number of hydrogen-bond donors (Lipinski definition) is 1.